The third-order valence-electron chi connectivity index (χ3n) is 8.31. The Labute approximate surface area is 303 Å². The zero-order valence-corrected chi connectivity index (χ0v) is 29.0. The van der Waals surface area contributed by atoms with Gasteiger partial charge in [-0.15, -0.1) is 0 Å². The molecule has 52 heavy (non-hydrogen) atoms. The molecular weight excluding hydrogens is 652 g/mol. The van der Waals surface area contributed by atoms with Gasteiger partial charge >= 0.3 is 18.1 Å². The average molecular weight is 691 g/mol. The number of hydrogen-bond donors (Lipinski definition) is 0. The first-order chi connectivity index (χ1) is 25.4. The quantitative estimate of drug-likeness (QED) is 0.0932. The van der Waals surface area contributed by atoms with Crippen molar-refractivity contribution in [2.45, 2.75) is 26.7 Å². The Hall–Kier alpha value is -6.47. The van der Waals surface area contributed by atoms with Crippen LogP contribution in [-0.4, -0.2) is 31.3 Å². The molecule has 0 N–H and O–H groups in total. The van der Waals surface area contributed by atoms with Gasteiger partial charge in [0.1, 0.15) is 22.6 Å². The highest BCUT2D eigenvalue weighted by Gasteiger charge is 2.23. The molecule has 0 amide bonds. The smallest absolute Gasteiger partial charge is 0.462 e. The van der Waals surface area contributed by atoms with Gasteiger partial charge in [0.2, 0.25) is 0 Å². The molecule has 0 radical (unpaired) electrons. The van der Waals surface area contributed by atoms with E-state index in [4.69, 9.17) is 18.9 Å². The maximum absolute atomic E-state index is 13.3. The number of hydrogen-bond acceptors (Lipinski definition) is 7. The summed E-state index contributed by atoms with van der Waals surface area (Å²) in [5.41, 5.74) is 7.62. The van der Waals surface area contributed by atoms with Crippen molar-refractivity contribution in [3.05, 3.63) is 157 Å². The molecular formula is C45H38O7. The number of carbonyl (C=O) groups excluding carboxylic acids is 3. The van der Waals surface area contributed by atoms with E-state index in [1.165, 1.54) is 12.1 Å². The highest BCUT2D eigenvalue weighted by Crippen LogP contribution is 2.32. The Kier molecular flexibility index (Phi) is 11.5. The molecule has 0 saturated heterocycles. The van der Waals surface area contributed by atoms with Crippen LogP contribution in [0.2, 0.25) is 0 Å². The molecule has 6 aromatic rings. The van der Waals surface area contributed by atoms with E-state index in [1.54, 1.807) is 24.3 Å². The van der Waals surface area contributed by atoms with Crippen LogP contribution < -0.4 is 9.47 Å². The lowest BCUT2D eigenvalue weighted by atomic mass is 9.99. The van der Waals surface area contributed by atoms with E-state index in [2.05, 4.69) is 0 Å². The van der Waals surface area contributed by atoms with Crippen LogP contribution >= 0.6 is 0 Å². The summed E-state index contributed by atoms with van der Waals surface area (Å²) in [7, 11) is 0. The Balaban J connectivity index is 1.24. The van der Waals surface area contributed by atoms with Gasteiger partial charge in [-0.2, -0.15) is 0 Å². The van der Waals surface area contributed by atoms with E-state index < -0.39 is 18.1 Å². The van der Waals surface area contributed by atoms with Crippen molar-refractivity contribution in [3.8, 4) is 56.0 Å². The molecule has 0 aliphatic heterocycles. The zero-order valence-electron chi connectivity index (χ0n) is 29.0. The molecule has 0 aromatic heterocycles. The van der Waals surface area contributed by atoms with Gasteiger partial charge in [0.25, 0.3) is 0 Å². The Morgan fingerprint density at radius 1 is 0.404 bits per heavy atom. The van der Waals surface area contributed by atoms with E-state index in [0.29, 0.717) is 12.8 Å². The average Bonchev–Trinajstić information content (AvgIpc) is 3.20. The molecule has 260 valence electrons. The van der Waals surface area contributed by atoms with Crippen LogP contribution in [0.5, 0.6) is 11.5 Å². The monoisotopic (exact) mass is 690 g/mol. The fraction of sp³-hybridized carbons (Fsp3) is 0.133. The zero-order chi connectivity index (χ0) is 36.3. The highest BCUT2D eigenvalue weighted by atomic mass is 16.7. The largest absolute Gasteiger partial charge is 0.519 e. The maximum Gasteiger partial charge on any atom is 0.519 e. The summed E-state index contributed by atoms with van der Waals surface area (Å²) < 4.78 is 22.0. The minimum atomic E-state index is -1.13. The highest BCUT2D eigenvalue weighted by molar-refractivity contribution is 5.96. The second-order valence-corrected chi connectivity index (χ2v) is 12.0. The van der Waals surface area contributed by atoms with Crippen LogP contribution in [0.4, 0.5) is 4.79 Å². The van der Waals surface area contributed by atoms with Gasteiger partial charge in [-0.1, -0.05) is 135 Å². The third-order valence-corrected chi connectivity index (χ3v) is 8.31. The van der Waals surface area contributed by atoms with E-state index in [9.17, 15) is 14.4 Å². The molecule has 7 heteroatoms. The fourth-order valence-corrected chi connectivity index (χ4v) is 5.63. The van der Waals surface area contributed by atoms with Crippen molar-refractivity contribution in [2.75, 3.05) is 13.2 Å². The van der Waals surface area contributed by atoms with Gasteiger partial charge in [-0.05, 0) is 81.6 Å². The van der Waals surface area contributed by atoms with Crippen molar-refractivity contribution in [2.24, 2.45) is 0 Å². The first kappa shape index (κ1) is 35.4. The summed E-state index contributed by atoms with van der Waals surface area (Å²) in [6, 6.07) is 45.8. The molecule has 0 fully saturated rings. The first-order valence-electron chi connectivity index (χ1n) is 17.3. The summed E-state index contributed by atoms with van der Waals surface area (Å²) in [6.45, 7) is 4.17. The summed E-state index contributed by atoms with van der Waals surface area (Å²) >= 11 is 0. The van der Waals surface area contributed by atoms with E-state index >= 15 is 0 Å². The van der Waals surface area contributed by atoms with E-state index in [-0.39, 0.29) is 35.8 Å². The minimum absolute atomic E-state index is 0.0407. The van der Waals surface area contributed by atoms with Gasteiger partial charge in [0.15, 0.2) is 0 Å². The van der Waals surface area contributed by atoms with Crippen molar-refractivity contribution in [3.63, 3.8) is 0 Å². The third kappa shape index (κ3) is 8.63. The summed E-state index contributed by atoms with van der Waals surface area (Å²) in [4.78, 5) is 39.6. The lowest BCUT2D eigenvalue weighted by Gasteiger charge is -2.14. The van der Waals surface area contributed by atoms with Crippen LogP contribution in [0.3, 0.4) is 0 Å². The summed E-state index contributed by atoms with van der Waals surface area (Å²) in [5, 5.41) is 0. The van der Waals surface area contributed by atoms with Crippen LogP contribution in [0.1, 0.15) is 47.4 Å². The number of carbonyl (C=O) groups is 3. The molecule has 0 spiro atoms. The Bertz CT molecular complexity index is 1990. The van der Waals surface area contributed by atoms with E-state index in [0.717, 1.165) is 44.5 Å². The molecule has 0 saturated carbocycles. The Morgan fingerprint density at radius 2 is 0.712 bits per heavy atom. The number of rotatable bonds is 12. The van der Waals surface area contributed by atoms with Gasteiger partial charge in [-0.3, -0.25) is 0 Å². The van der Waals surface area contributed by atoms with Gasteiger partial charge in [0, 0.05) is 0 Å². The van der Waals surface area contributed by atoms with Crippen LogP contribution in [0.15, 0.2) is 146 Å². The van der Waals surface area contributed by atoms with Gasteiger partial charge in [0.05, 0.1) is 13.2 Å². The van der Waals surface area contributed by atoms with Crippen molar-refractivity contribution in [1.29, 1.82) is 0 Å². The first-order valence-corrected chi connectivity index (χ1v) is 17.3. The molecule has 7 nitrogen and oxygen atoms in total. The number of ether oxygens (including phenoxy) is 4. The molecule has 0 bridgehead atoms. The molecule has 0 unspecified atom stereocenters. The van der Waals surface area contributed by atoms with Crippen LogP contribution in [-0.2, 0) is 9.47 Å². The fourth-order valence-electron chi connectivity index (χ4n) is 5.63. The predicted molar refractivity (Wildman–Crippen MR) is 202 cm³/mol. The standard InChI is InChI=1S/C45H38O7/c1-3-27-49-43(46)39-29-37(35-19-15-33(16-20-35)31-11-7-5-8-12-31)23-25-41(39)51-45(48)52-42-26-24-38(30-40(42)44(47)50-28-4-2)36-21-17-34(18-22-36)32-13-9-6-10-14-32/h5-26,29-30H,3-4,27-28H2,1-2H3. The predicted octanol–water partition coefficient (Wildman–Crippen LogP) is 11.1. The maximum atomic E-state index is 13.3. The lowest BCUT2D eigenvalue weighted by Crippen LogP contribution is -2.18. The van der Waals surface area contributed by atoms with Crippen molar-refractivity contribution < 1.29 is 33.3 Å². The molecule has 0 aliphatic carbocycles. The number of benzene rings is 6. The summed E-state index contributed by atoms with van der Waals surface area (Å²) in [5.74, 6) is -1.36. The number of esters is 2. The van der Waals surface area contributed by atoms with Crippen molar-refractivity contribution in [1.82, 2.24) is 0 Å². The molecule has 6 aromatic carbocycles. The molecule has 0 heterocycles. The molecule has 0 atom stereocenters. The van der Waals surface area contributed by atoms with Crippen LogP contribution in [0, 0.1) is 0 Å². The van der Waals surface area contributed by atoms with Crippen LogP contribution in [0.25, 0.3) is 44.5 Å². The second-order valence-electron chi connectivity index (χ2n) is 12.0. The molecule has 6 rings (SSSR count). The van der Waals surface area contributed by atoms with E-state index in [1.807, 2.05) is 123 Å². The van der Waals surface area contributed by atoms with Gasteiger partial charge in [-0.25, -0.2) is 14.4 Å². The SMILES string of the molecule is CCCOC(=O)c1cc(-c2ccc(-c3ccccc3)cc2)ccc1OC(=O)Oc1ccc(-c2ccc(-c3ccccc3)cc2)cc1C(=O)OCCC. The lowest BCUT2D eigenvalue weighted by molar-refractivity contribution is 0.0494. The topological polar surface area (TPSA) is 88.1 Å². The second kappa shape index (κ2) is 17.0. The van der Waals surface area contributed by atoms with Crippen molar-refractivity contribution >= 4 is 18.1 Å². The van der Waals surface area contributed by atoms with Gasteiger partial charge < -0.3 is 18.9 Å². The summed E-state index contributed by atoms with van der Waals surface area (Å²) in [6.07, 6.45) is 0.109. The molecule has 0 aliphatic rings. The normalized spacial score (nSPS) is 10.7. The minimum Gasteiger partial charge on any atom is -0.462 e. The Morgan fingerprint density at radius 3 is 1.06 bits per heavy atom.